The van der Waals surface area contributed by atoms with Crippen molar-refractivity contribution >= 4 is 17.3 Å². The quantitative estimate of drug-likeness (QED) is 0.903. The number of benzene rings is 2. The second-order valence-corrected chi connectivity index (χ2v) is 4.04. The summed E-state index contributed by atoms with van der Waals surface area (Å²) in [4.78, 5) is 11.6. The van der Waals surface area contributed by atoms with Crippen LogP contribution in [0.2, 0.25) is 0 Å². The number of rotatable bonds is 4. The molecule has 1 amide bonds. The maximum Gasteiger partial charge on any atom is 0.243 e. The molecule has 0 atom stereocenters. The predicted octanol–water partition coefficient (Wildman–Crippen LogP) is 3.15. The minimum Gasteiger partial charge on any atom is -0.376 e. The van der Waals surface area contributed by atoms with E-state index in [1.807, 2.05) is 0 Å². The largest absolute Gasteiger partial charge is 0.376 e. The monoisotopic (exact) mass is 280 g/mol. The fraction of sp³-hybridized carbons (Fsp3) is 0.0714. The normalized spacial score (nSPS) is 10.2. The van der Waals surface area contributed by atoms with Crippen LogP contribution in [0.4, 0.5) is 24.5 Å². The minimum atomic E-state index is -0.992. The number of amides is 1. The molecule has 2 rings (SSSR count). The van der Waals surface area contributed by atoms with E-state index in [0.717, 1.165) is 12.1 Å². The van der Waals surface area contributed by atoms with Crippen LogP contribution in [-0.2, 0) is 4.79 Å². The van der Waals surface area contributed by atoms with Crippen LogP contribution in [0.3, 0.4) is 0 Å². The van der Waals surface area contributed by atoms with Gasteiger partial charge < -0.3 is 10.6 Å². The van der Waals surface area contributed by atoms with Crippen molar-refractivity contribution in [2.45, 2.75) is 0 Å². The summed E-state index contributed by atoms with van der Waals surface area (Å²) in [6, 6.07) is 8.53. The summed E-state index contributed by atoms with van der Waals surface area (Å²) in [6.07, 6.45) is 0. The number of halogens is 3. The molecule has 0 bridgehead atoms. The highest BCUT2D eigenvalue weighted by atomic mass is 19.2. The highest BCUT2D eigenvalue weighted by Crippen LogP contribution is 2.13. The summed E-state index contributed by atoms with van der Waals surface area (Å²) in [5, 5.41) is 5.18. The Kier molecular flexibility index (Phi) is 4.24. The molecule has 0 aliphatic rings. The van der Waals surface area contributed by atoms with Crippen molar-refractivity contribution in [1.82, 2.24) is 0 Å². The van der Waals surface area contributed by atoms with Crippen LogP contribution in [0.5, 0.6) is 0 Å². The van der Waals surface area contributed by atoms with Crippen molar-refractivity contribution in [3.63, 3.8) is 0 Å². The van der Waals surface area contributed by atoms with Gasteiger partial charge in [0, 0.05) is 17.4 Å². The van der Waals surface area contributed by atoms with E-state index in [1.54, 1.807) is 0 Å². The van der Waals surface area contributed by atoms with Gasteiger partial charge in [-0.05, 0) is 36.4 Å². The summed E-state index contributed by atoms with van der Waals surface area (Å²) in [7, 11) is 0. The smallest absolute Gasteiger partial charge is 0.243 e. The summed E-state index contributed by atoms with van der Waals surface area (Å²) < 4.78 is 38.3. The molecule has 0 saturated heterocycles. The molecule has 0 unspecified atom stereocenters. The van der Waals surface area contributed by atoms with E-state index in [4.69, 9.17) is 0 Å². The first-order valence-corrected chi connectivity index (χ1v) is 5.79. The fourth-order valence-electron chi connectivity index (χ4n) is 1.53. The minimum absolute atomic E-state index is 0.123. The lowest BCUT2D eigenvalue weighted by Gasteiger charge is -2.08. The second kappa shape index (κ2) is 6.10. The lowest BCUT2D eigenvalue weighted by Crippen LogP contribution is -2.21. The zero-order valence-electron chi connectivity index (χ0n) is 10.3. The van der Waals surface area contributed by atoms with Crippen LogP contribution >= 0.6 is 0 Å². The fourth-order valence-corrected chi connectivity index (χ4v) is 1.53. The average Bonchev–Trinajstić information content (AvgIpc) is 2.43. The van der Waals surface area contributed by atoms with Gasteiger partial charge in [0.15, 0.2) is 11.6 Å². The predicted molar refractivity (Wildman–Crippen MR) is 69.9 cm³/mol. The zero-order valence-corrected chi connectivity index (χ0v) is 10.3. The van der Waals surface area contributed by atoms with Crippen LogP contribution in [0.25, 0.3) is 0 Å². The Morgan fingerprint density at radius 3 is 2.20 bits per heavy atom. The number of hydrogen-bond donors (Lipinski definition) is 2. The average molecular weight is 280 g/mol. The number of nitrogens with one attached hydrogen (secondary N) is 2. The first-order valence-electron chi connectivity index (χ1n) is 5.79. The molecule has 2 N–H and O–H groups in total. The van der Waals surface area contributed by atoms with Gasteiger partial charge in [-0.15, -0.1) is 0 Å². The molecule has 20 heavy (non-hydrogen) atoms. The molecule has 0 radical (unpaired) electrons. The maximum absolute atomic E-state index is 12.9. The number of hydrogen-bond acceptors (Lipinski definition) is 2. The van der Waals surface area contributed by atoms with Crippen LogP contribution in [0.1, 0.15) is 0 Å². The molecule has 0 aromatic heterocycles. The summed E-state index contributed by atoms with van der Waals surface area (Å²) in [5.74, 6) is -2.73. The van der Waals surface area contributed by atoms with Crippen LogP contribution in [0, 0.1) is 17.5 Å². The molecule has 0 fully saturated rings. The molecular weight excluding hydrogens is 269 g/mol. The van der Waals surface area contributed by atoms with Gasteiger partial charge in [-0.1, -0.05) is 0 Å². The highest BCUT2D eigenvalue weighted by molar-refractivity contribution is 5.93. The topological polar surface area (TPSA) is 41.1 Å². The molecule has 0 aliphatic carbocycles. The Balaban J connectivity index is 1.88. The number of anilines is 2. The van der Waals surface area contributed by atoms with Gasteiger partial charge in [0.05, 0.1) is 6.54 Å². The highest BCUT2D eigenvalue weighted by Gasteiger charge is 2.05. The van der Waals surface area contributed by atoms with E-state index in [2.05, 4.69) is 10.6 Å². The molecule has 6 heteroatoms. The summed E-state index contributed by atoms with van der Waals surface area (Å²) in [6.45, 7) is -0.123. The molecule has 2 aromatic rings. The Morgan fingerprint density at radius 1 is 0.900 bits per heavy atom. The van der Waals surface area contributed by atoms with Crippen molar-refractivity contribution in [3.05, 3.63) is 59.9 Å². The Labute approximate surface area is 113 Å². The Morgan fingerprint density at radius 2 is 1.55 bits per heavy atom. The summed E-state index contributed by atoms with van der Waals surface area (Å²) in [5.41, 5.74) is 0.738. The number of carbonyl (C=O) groups excluding carboxylic acids is 1. The molecule has 0 spiro atoms. The summed E-state index contributed by atoms with van der Waals surface area (Å²) >= 11 is 0. The van der Waals surface area contributed by atoms with Gasteiger partial charge >= 0.3 is 0 Å². The van der Waals surface area contributed by atoms with Gasteiger partial charge in [0.2, 0.25) is 5.91 Å². The van der Waals surface area contributed by atoms with Gasteiger partial charge in [-0.2, -0.15) is 0 Å². The van der Waals surface area contributed by atoms with Crippen molar-refractivity contribution in [3.8, 4) is 0 Å². The second-order valence-electron chi connectivity index (χ2n) is 4.04. The van der Waals surface area contributed by atoms with Gasteiger partial charge in [-0.3, -0.25) is 4.79 Å². The van der Waals surface area contributed by atoms with Crippen LogP contribution < -0.4 is 10.6 Å². The van der Waals surface area contributed by atoms with Crippen molar-refractivity contribution < 1.29 is 18.0 Å². The lowest BCUT2D eigenvalue weighted by molar-refractivity contribution is -0.114. The van der Waals surface area contributed by atoms with E-state index in [1.165, 1.54) is 30.3 Å². The van der Waals surface area contributed by atoms with Gasteiger partial charge in [0.25, 0.3) is 0 Å². The maximum atomic E-state index is 12.9. The first kappa shape index (κ1) is 13.9. The SMILES string of the molecule is O=C(CNc1ccc(F)c(F)c1)Nc1ccc(F)cc1. The van der Waals surface area contributed by atoms with Gasteiger partial charge in [-0.25, -0.2) is 13.2 Å². The van der Waals surface area contributed by atoms with E-state index in [9.17, 15) is 18.0 Å². The van der Waals surface area contributed by atoms with Gasteiger partial charge in [0.1, 0.15) is 5.82 Å². The molecule has 3 nitrogen and oxygen atoms in total. The standard InChI is InChI=1S/C14H11F3N2O/c15-9-1-3-10(4-2-9)19-14(20)8-18-11-5-6-12(16)13(17)7-11/h1-7,18H,8H2,(H,19,20). The van der Waals surface area contributed by atoms with Crippen molar-refractivity contribution in [1.29, 1.82) is 0 Å². The zero-order chi connectivity index (χ0) is 14.5. The molecular formula is C14H11F3N2O. The van der Waals surface area contributed by atoms with E-state index < -0.39 is 17.5 Å². The Bertz CT molecular complexity index is 614. The van der Waals surface area contributed by atoms with Crippen molar-refractivity contribution in [2.75, 3.05) is 17.2 Å². The number of carbonyl (C=O) groups is 1. The third-order valence-corrected chi connectivity index (χ3v) is 2.50. The molecule has 0 aliphatic heterocycles. The van der Waals surface area contributed by atoms with Crippen LogP contribution in [0.15, 0.2) is 42.5 Å². The van der Waals surface area contributed by atoms with Crippen LogP contribution in [-0.4, -0.2) is 12.5 Å². The molecule has 104 valence electrons. The third-order valence-electron chi connectivity index (χ3n) is 2.50. The molecule has 0 heterocycles. The van der Waals surface area contributed by atoms with E-state index >= 15 is 0 Å². The molecule has 0 saturated carbocycles. The first-order chi connectivity index (χ1) is 9.54. The van der Waals surface area contributed by atoms with E-state index in [0.29, 0.717) is 5.69 Å². The lowest BCUT2D eigenvalue weighted by atomic mass is 10.3. The van der Waals surface area contributed by atoms with Crippen molar-refractivity contribution in [2.24, 2.45) is 0 Å². The Hall–Kier alpha value is -2.50. The van der Waals surface area contributed by atoms with E-state index in [-0.39, 0.29) is 18.1 Å². The molecule has 2 aromatic carbocycles. The third kappa shape index (κ3) is 3.74.